The van der Waals surface area contributed by atoms with Crippen LogP contribution in [0.4, 0.5) is 9.18 Å². The molecule has 0 bridgehead atoms. The molecule has 1 N–H and O–H groups in total. The van der Waals surface area contributed by atoms with Crippen LogP contribution in [0, 0.1) is 5.82 Å². The number of nitrogens with one attached hydrogen (secondary N) is 1. The Labute approximate surface area is 106 Å². The number of nitrogens with zero attached hydrogens (tertiary/aromatic N) is 1. The molecular weight excluding hydrogens is 235 g/mol. The van der Waals surface area contributed by atoms with Crippen LogP contribution in [-0.2, 0) is 11.3 Å². The van der Waals surface area contributed by atoms with Crippen molar-refractivity contribution in [3.8, 4) is 0 Å². The van der Waals surface area contributed by atoms with Gasteiger partial charge in [0.05, 0.1) is 12.7 Å². The Morgan fingerprint density at radius 2 is 2.44 bits per heavy atom. The van der Waals surface area contributed by atoms with Crippen molar-refractivity contribution in [3.05, 3.63) is 35.6 Å². The van der Waals surface area contributed by atoms with Crippen LogP contribution in [0.5, 0.6) is 0 Å². The summed E-state index contributed by atoms with van der Waals surface area (Å²) < 4.78 is 18.3. The Kier molecular flexibility index (Phi) is 4.15. The van der Waals surface area contributed by atoms with Gasteiger partial charge >= 0.3 is 6.03 Å². The van der Waals surface area contributed by atoms with E-state index in [2.05, 4.69) is 5.32 Å². The lowest BCUT2D eigenvalue weighted by molar-refractivity contribution is -0.00351. The van der Waals surface area contributed by atoms with Gasteiger partial charge in [-0.2, -0.15) is 0 Å². The molecule has 0 radical (unpaired) electrons. The summed E-state index contributed by atoms with van der Waals surface area (Å²) in [6, 6.07) is 6.09. The molecule has 18 heavy (non-hydrogen) atoms. The lowest BCUT2D eigenvalue weighted by Gasteiger charge is -2.31. The number of ether oxygens (including phenoxy) is 1. The highest BCUT2D eigenvalue weighted by Gasteiger charge is 2.20. The highest BCUT2D eigenvalue weighted by Crippen LogP contribution is 2.06. The van der Waals surface area contributed by atoms with Crippen LogP contribution in [0.2, 0.25) is 0 Å². The van der Waals surface area contributed by atoms with Crippen LogP contribution in [0.15, 0.2) is 24.3 Å². The summed E-state index contributed by atoms with van der Waals surface area (Å²) in [4.78, 5) is 13.6. The SMILES string of the molecule is CC1CN(C(=O)NCc2cccc(F)c2)CCO1. The quantitative estimate of drug-likeness (QED) is 0.871. The topological polar surface area (TPSA) is 41.6 Å². The third kappa shape index (κ3) is 3.43. The van der Waals surface area contributed by atoms with E-state index in [0.29, 0.717) is 26.2 Å². The van der Waals surface area contributed by atoms with E-state index < -0.39 is 0 Å². The van der Waals surface area contributed by atoms with Crippen molar-refractivity contribution in [3.63, 3.8) is 0 Å². The maximum absolute atomic E-state index is 13.0. The smallest absolute Gasteiger partial charge is 0.317 e. The molecule has 1 aliphatic rings. The second-order valence-electron chi connectivity index (χ2n) is 4.42. The minimum atomic E-state index is -0.290. The Morgan fingerprint density at radius 3 is 3.17 bits per heavy atom. The number of urea groups is 1. The van der Waals surface area contributed by atoms with E-state index in [4.69, 9.17) is 4.74 Å². The van der Waals surface area contributed by atoms with Crippen molar-refractivity contribution in [1.29, 1.82) is 0 Å². The fourth-order valence-electron chi connectivity index (χ4n) is 1.94. The average Bonchev–Trinajstić information content (AvgIpc) is 2.36. The third-order valence-corrected chi connectivity index (χ3v) is 2.86. The van der Waals surface area contributed by atoms with Gasteiger partial charge < -0.3 is 15.0 Å². The summed E-state index contributed by atoms with van der Waals surface area (Å²) >= 11 is 0. The maximum Gasteiger partial charge on any atom is 0.317 e. The molecule has 1 unspecified atom stereocenters. The van der Waals surface area contributed by atoms with Crippen molar-refractivity contribution in [2.75, 3.05) is 19.7 Å². The van der Waals surface area contributed by atoms with Crippen LogP contribution < -0.4 is 5.32 Å². The molecular formula is C13H17FN2O2. The van der Waals surface area contributed by atoms with Crippen LogP contribution >= 0.6 is 0 Å². The molecule has 2 rings (SSSR count). The van der Waals surface area contributed by atoms with Gasteiger partial charge in [0.1, 0.15) is 5.82 Å². The van der Waals surface area contributed by atoms with Crippen molar-refractivity contribution >= 4 is 6.03 Å². The number of benzene rings is 1. The van der Waals surface area contributed by atoms with Gasteiger partial charge in [0.15, 0.2) is 0 Å². The number of carbonyl (C=O) groups excluding carboxylic acids is 1. The number of halogens is 1. The molecule has 5 heteroatoms. The first-order valence-corrected chi connectivity index (χ1v) is 6.04. The van der Waals surface area contributed by atoms with Gasteiger partial charge in [-0.3, -0.25) is 0 Å². The zero-order chi connectivity index (χ0) is 13.0. The maximum atomic E-state index is 13.0. The van der Waals surface area contributed by atoms with E-state index in [0.717, 1.165) is 5.56 Å². The van der Waals surface area contributed by atoms with Gasteiger partial charge in [-0.25, -0.2) is 9.18 Å². The number of hydrogen-bond donors (Lipinski definition) is 1. The minimum Gasteiger partial charge on any atom is -0.375 e. The molecule has 1 saturated heterocycles. The van der Waals surface area contributed by atoms with Gasteiger partial charge in [-0.1, -0.05) is 12.1 Å². The second-order valence-corrected chi connectivity index (χ2v) is 4.42. The Balaban J connectivity index is 1.84. The minimum absolute atomic E-state index is 0.0682. The van der Waals surface area contributed by atoms with E-state index in [1.807, 2.05) is 6.92 Å². The molecule has 1 atom stereocenters. The van der Waals surface area contributed by atoms with Gasteiger partial charge in [0.2, 0.25) is 0 Å². The molecule has 0 aromatic heterocycles. The van der Waals surface area contributed by atoms with Crippen molar-refractivity contribution < 1.29 is 13.9 Å². The first-order chi connectivity index (χ1) is 8.65. The van der Waals surface area contributed by atoms with Crippen molar-refractivity contribution in [2.45, 2.75) is 19.6 Å². The molecule has 1 aliphatic heterocycles. The Bertz CT molecular complexity index is 425. The molecule has 2 amide bonds. The number of rotatable bonds is 2. The summed E-state index contributed by atoms with van der Waals surface area (Å²) in [6.45, 7) is 4.03. The third-order valence-electron chi connectivity index (χ3n) is 2.86. The fourth-order valence-corrected chi connectivity index (χ4v) is 1.94. The molecule has 0 saturated carbocycles. The predicted molar refractivity (Wildman–Crippen MR) is 65.6 cm³/mol. The molecule has 0 aliphatic carbocycles. The number of amides is 2. The van der Waals surface area contributed by atoms with Crippen LogP contribution in [0.25, 0.3) is 0 Å². The van der Waals surface area contributed by atoms with Gasteiger partial charge in [-0.15, -0.1) is 0 Å². The largest absolute Gasteiger partial charge is 0.375 e. The fraction of sp³-hybridized carbons (Fsp3) is 0.462. The van der Waals surface area contributed by atoms with E-state index in [1.54, 1.807) is 17.0 Å². The Hall–Kier alpha value is -1.62. The highest BCUT2D eigenvalue weighted by atomic mass is 19.1. The Morgan fingerprint density at radius 1 is 1.61 bits per heavy atom. The lowest BCUT2D eigenvalue weighted by Crippen LogP contribution is -2.48. The second kappa shape index (κ2) is 5.82. The van der Waals surface area contributed by atoms with Crippen LogP contribution in [0.1, 0.15) is 12.5 Å². The van der Waals surface area contributed by atoms with E-state index in [9.17, 15) is 9.18 Å². The van der Waals surface area contributed by atoms with E-state index in [1.165, 1.54) is 12.1 Å². The normalized spacial score (nSPS) is 19.7. The number of hydrogen-bond acceptors (Lipinski definition) is 2. The van der Waals surface area contributed by atoms with Crippen LogP contribution in [-0.4, -0.2) is 36.7 Å². The van der Waals surface area contributed by atoms with Crippen molar-refractivity contribution in [1.82, 2.24) is 10.2 Å². The summed E-state index contributed by atoms with van der Waals surface area (Å²) in [6.07, 6.45) is 0.0682. The zero-order valence-electron chi connectivity index (χ0n) is 10.4. The molecule has 1 fully saturated rings. The summed E-state index contributed by atoms with van der Waals surface area (Å²) in [5, 5.41) is 2.78. The zero-order valence-corrected chi connectivity index (χ0v) is 10.4. The summed E-state index contributed by atoms with van der Waals surface area (Å²) in [5.74, 6) is -0.290. The molecule has 0 spiro atoms. The first kappa shape index (κ1) is 12.8. The van der Waals surface area contributed by atoms with Crippen molar-refractivity contribution in [2.24, 2.45) is 0 Å². The summed E-state index contributed by atoms with van der Waals surface area (Å²) in [7, 11) is 0. The first-order valence-electron chi connectivity index (χ1n) is 6.04. The average molecular weight is 252 g/mol. The predicted octanol–water partition coefficient (Wildman–Crippen LogP) is 1.76. The lowest BCUT2D eigenvalue weighted by atomic mass is 10.2. The van der Waals surface area contributed by atoms with E-state index in [-0.39, 0.29) is 18.0 Å². The monoisotopic (exact) mass is 252 g/mol. The van der Waals surface area contributed by atoms with Gasteiger partial charge in [0.25, 0.3) is 0 Å². The number of morpholine rings is 1. The molecule has 1 heterocycles. The highest BCUT2D eigenvalue weighted by molar-refractivity contribution is 5.74. The van der Waals surface area contributed by atoms with E-state index >= 15 is 0 Å². The molecule has 98 valence electrons. The number of carbonyl (C=O) groups is 1. The van der Waals surface area contributed by atoms with Crippen LogP contribution in [0.3, 0.4) is 0 Å². The molecule has 1 aromatic carbocycles. The summed E-state index contributed by atoms with van der Waals surface area (Å²) in [5.41, 5.74) is 0.754. The molecule has 1 aromatic rings. The molecule has 4 nitrogen and oxygen atoms in total. The van der Waals surface area contributed by atoms with Gasteiger partial charge in [-0.05, 0) is 24.6 Å². The standard InChI is InChI=1S/C13H17FN2O2/c1-10-9-16(5-6-18-10)13(17)15-8-11-3-2-4-12(14)7-11/h2-4,7,10H,5-6,8-9H2,1H3,(H,15,17). The van der Waals surface area contributed by atoms with Gasteiger partial charge in [0, 0.05) is 19.6 Å².